The molecule has 0 saturated heterocycles. The molecule has 0 aliphatic heterocycles. The number of methoxy groups -OCH3 is 2. The summed E-state index contributed by atoms with van der Waals surface area (Å²) in [6.45, 7) is 0. The molecule has 2 aromatic carbocycles. The van der Waals surface area contributed by atoms with Crippen molar-refractivity contribution in [1.82, 2.24) is 0 Å². The first kappa shape index (κ1) is 14.4. The Bertz CT molecular complexity index is 518. The predicted octanol–water partition coefficient (Wildman–Crippen LogP) is 3.34. The van der Waals surface area contributed by atoms with Gasteiger partial charge in [0, 0.05) is 12.1 Å². The van der Waals surface area contributed by atoms with Crippen molar-refractivity contribution in [3.8, 4) is 11.5 Å². The standard InChI is InChI=1S/C17H21NO2/c1-19-15-10-13(11-16(12-15)20-2)8-9-17(18)14-6-4-3-5-7-14/h3-7,10-12,17H,8-9,18H2,1-2H3. The number of hydrogen-bond donors (Lipinski definition) is 1. The van der Waals surface area contributed by atoms with E-state index < -0.39 is 0 Å². The van der Waals surface area contributed by atoms with Crippen molar-refractivity contribution in [2.45, 2.75) is 18.9 Å². The molecular formula is C17H21NO2. The number of benzene rings is 2. The molecule has 0 spiro atoms. The summed E-state index contributed by atoms with van der Waals surface area (Å²) in [4.78, 5) is 0. The van der Waals surface area contributed by atoms with Crippen molar-refractivity contribution in [3.05, 3.63) is 59.7 Å². The summed E-state index contributed by atoms with van der Waals surface area (Å²) in [5.41, 5.74) is 8.56. The van der Waals surface area contributed by atoms with E-state index in [4.69, 9.17) is 15.2 Å². The number of rotatable bonds is 6. The highest BCUT2D eigenvalue weighted by molar-refractivity contribution is 5.38. The van der Waals surface area contributed by atoms with Crippen LogP contribution < -0.4 is 15.2 Å². The Balaban J connectivity index is 2.03. The molecule has 1 atom stereocenters. The van der Waals surface area contributed by atoms with Gasteiger partial charge in [0.05, 0.1) is 14.2 Å². The molecule has 2 N–H and O–H groups in total. The van der Waals surface area contributed by atoms with Crippen LogP contribution in [0.25, 0.3) is 0 Å². The van der Waals surface area contributed by atoms with Crippen molar-refractivity contribution >= 4 is 0 Å². The lowest BCUT2D eigenvalue weighted by molar-refractivity contribution is 0.393. The molecule has 0 aliphatic rings. The Hall–Kier alpha value is -2.00. The van der Waals surface area contributed by atoms with Gasteiger partial charge in [0.2, 0.25) is 0 Å². The summed E-state index contributed by atoms with van der Waals surface area (Å²) in [6.07, 6.45) is 1.78. The third-order valence-corrected chi connectivity index (χ3v) is 3.38. The molecular weight excluding hydrogens is 250 g/mol. The summed E-state index contributed by atoms with van der Waals surface area (Å²) in [7, 11) is 3.32. The van der Waals surface area contributed by atoms with Gasteiger partial charge < -0.3 is 15.2 Å². The Morgan fingerprint density at radius 1 is 0.950 bits per heavy atom. The Kier molecular flexibility index (Phi) is 5.02. The molecule has 0 amide bonds. The fourth-order valence-corrected chi connectivity index (χ4v) is 2.20. The van der Waals surface area contributed by atoms with Crippen LogP contribution >= 0.6 is 0 Å². The van der Waals surface area contributed by atoms with Crippen molar-refractivity contribution in [2.75, 3.05) is 14.2 Å². The summed E-state index contributed by atoms with van der Waals surface area (Å²) in [5.74, 6) is 1.63. The van der Waals surface area contributed by atoms with Gasteiger partial charge >= 0.3 is 0 Å². The molecule has 1 unspecified atom stereocenters. The van der Waals surface area contributed by atoms with Crippen LogP contribution in [0, 0.1) is 0 Å². The number of hydrogen-bond acceptors (Lipinski definition) is 3. The second kappa shape index (κ2) is 6.96. The van der Waals surface area contributed by atoms with Crippen molar-refractivity contribution < 1.29 is 9.47 Å². The van der Waals surface area contributed by atoms with Crippen LogP contribution in [0.5, 0.6) is 11.5 Å². The molecule has 0 radical (unpaired) electrons. The van der Waals surface area contributed by atoms with Crippen molar-refractivity contribution in [1.29, 1.82) is 0 Å². The zero-order valence-corrected chi connectivity index (χ0v) is 12.0. The maximum absolute atomic E-state index is 6.22. The van der Waals surface area contributed by atoms with E-state index in [1.807, 2.05) is 36.4 Å². The fraction of sp³-hybridized carbons (Fsp3) is 0.294. The summed E-state index contributed by atoms with van der Waals surface area (Å²) >= 11 is 0. The van der Waals surface area contributed by atoms with E-state index in [0.717, 1.165) is 24.3 Å². The van der Waals surface area contributed by atoms with E-state index in [0.29, 0.717) is 0 Å². The van der Waals surface area contributed by atoms with E-state index in [9.17, 15) is 0 Å². The highest BCUT2D eigenvalue weighted by Gasteiger charge is 2.07. The van der Waals surface area contributed by atoms with Gasteiger partial charge in [0.25, 0.3) is 0 Å². The molecule has 20 heavy (non-hydrogen) atoms. The molecule has 3 nitrogen and oxygen atoms in total. The van der Waals surface area contributed by atoms with Gasteiger partial charge in [-0.1, -0.05) is 30.3 Å². The van der Waals surface area contributed by atoms with Crippen LogP contribution in [-0.4, -0.2) is 14.2 Å². The largest absolute Gasteiger partial charge is 0.497 e. The maximum Gasteiger partial charge on any atom is 0.122 e. The van der Waals surface area contributed by atoms with Crippen LogP contribution in [0.2, 0.25) is 0 Å². The first-order valence-corrected chi connectivity index (χ1v) is 6.75. The Morgan fingerprint density at radius 3 is 2.10 bits per heavy atom. The smallest absolute Gasteiger partial charge is 0.122 e. The van der Waals surface area contributed by atoms with Gasteiger partial charge in [-0.05, 0) is 36.1 Å². The summed E-state index contributed by atoms with van der Waals surface area (Å²) in [6, 6.07) is 16.2. The average molecular weight is 271 g/mol. The average Bonchev–Trinajstić information content (AvgIpc) is 2.53. The lowest BCUT2D eigenvalue weighted by Gasteiger charge is -2.13. The molecule has 0 aromatic heterocycles. The monoisotopic (exact) mass is 271 g/mol. The molecule has 0 fully saturated rings. The second-order valence-electron chi connectivity index (χ2n) is 4.78. The lowest BCUT2D eigenvalue weighted by Crippen LogP contribution is -2.11. The summed E-state index contributed by atoms with van der Waals surface area (Å²) < 4.78 is 10.6. The van der Waals surface area contributed by atoms with Gasteiger partial charge in [0.15, 0.2) is 0 Å². The van der Waals surface area contributed by atoms with Crippen molar-refractivity contribution in [2.24, 2.45) is 5.73 Å². The highest BCUT2D eigenvalue weighted by atomic mass is 16.5. The molecule has 106 valence electrons. The van der Waals surface area contributed by atoms with Crippen LogP contribution in [-0.2, 0) is 6.42 Å². The third-order valence-electron chi connectivity index (χ3n) is 3.38. The molecule has 2 rings (SSSR count). The molecule has 3 heteroatoms. The predicted molar refractivity (Wildman–Crippen MR) is 81.2 cm³/mol. The van der Waals surface area contributed by atoms with Gasteiger partial charge in [-0.2, -0.15) is 0 Å². The minimum Gasteiger partial charge on any atom is -0.497 e. The number of nitrogens with two attached hydrogens (primary N) is 1. The SMILES string of the molecule is COc1cc(CCC(N)c2ccccc2)cc(OC)c1. The van der Waals surface area contributed by atoms with E-state index in [1.165, 1.54) is 11.1 Å². The van der Waals surface area contributed by atoms with Gasteiger partial charge in [-0.3, -0.25) is 0 Å². The minimum absolute atomic E-state index is 0.0494. The zero-order chi connectivity index (χ0) is 14.4. The van der Waals surface area contributed by atoms with E-state index in [1.54, 1.807) is 14.2 Å². The first-order chi connectivity index (χ1) is 9.72. The van der Waals surface area contributed by atoms with Gasteiger partial charge in [-0.15, -0.1) is 0 Å². The lowest BCUT2D eigenvalue weighted by atomic mass is 9.99. The second-order valence-corrected chi connectivity index (χ2v) is 4.78. The van der Waals surface area contributed by atoms with Crippen molar-refractivity contribution in [3.63, 3.8) is 0 Å². The van der Waals surface area contributed by atoms with E-state index in [-0.39, 0.29) is 6.04 Å². The quantitative estimate of drug-likeness (QED) is 0.876. The molecule has 0 heterocycles. The Labute approximate surface area is 120 Å². The van der Waals surface area contributed by atoms with Crippen LogP contribution in [0.4, 0.5) is 0 Å². The highest BCUT2D eigenvalue weighted by Crippen LogP contribution is 2.25. The van der Waals surface area contributed by atoms with Crippen LogP contribution in [0.1, 0.15) is 23.6 Å². The fourth-order valence-electron chi connectivity index (χ4n) is 2.20. The number of aryl methyl sites for hydroxylation is 1. The molecule has 2 aromatic rings. The number of ether oxygens (including phenoxy) is 2. The minimum atomic E-state index is 0.0494. The third kappa shape index (κ3) is 3.75. The Morgan fingerprint density at radius 2 is 1.55 bits per heavy atom. The molecule has 0 saturated carbocycles. The van der Waals surface area contributed by atoms with Crippen LogP contribution in [0.15, 0.2) is 48.5 Å². The summed E-state index contributed by atoms with van der Waals surface area (Å²) in [5, 5.41) is 0. The van der Waals surface area contributed by atoms with Crippen LogP contribution in [0.3, 0.4) is 0 Å². The molecule has 0 aliphatic carbocycles. The van der Waals surface area contributed by atoms with Gasteiger partial charge in [-0.25, -0.2) is 0 Å². The zero-order valence-electron chi connectivity index (χ0n) is 12.0. The van der Waals surface area contributed by atoms with E-state index >= 15 is 0 Å². The topological polar surface area (TPSA) is 44.5 Å². The van der Waals surface area contributed by atoms with E-state index in [2.05, 4.69) is 12.1 Å². The first-order valence-electron chi connectivity index (χ1n) is 6.75. The van der Waals surface area contributed by atoms with Gasteiger partial charge in [0.1, 0.15) is 11.5 Å². The normalized spacial score (nSPS) is 11.9. The maximum atomic E-state index is 6.22. The molecule has 0 bridgehead atoms.